The second-order valence-electron chi connectivity index (χ2n) is 7.14. The largest absolute Gasteiger partial charge is 0.573 e. The van der Waals surface area contributed by atoms with Crippen molar-refractivity contribution in [1.82, 2.24) is 5.32 Å². The fraction of sp³-hybridized carbons (Fsp3) is 0.625. The summed E-state index contributed by atoms with van der Waals surface area (Å²) in [4.78, 5) is 0. The van der Waals surface area contributed by atoms with Crippen molar-refractivity contribution in [3.8, 4) is 5.75 Å². The van der Waals surface area contributed by atoms with Gasteiger partial charge in [-0.05, 0) is 50.3 Å². The van der Waals surface area contributed by atoms with E-state index < -0.39 is 6.36 Å². The Morgan fingerprint density at radius 1 is 0.952 bits per heavy atom. The smallest absolute Gasteiger partial charge is 0.406 e. The third-order valence-electron chi connectivity index (χ3n) is 2.94. The standard InChI is InChI=1S/C16H24F3NO/c1-14(2,3)20-11-15(4,5)10-12-6-8-13(9-7-12)21-16(17,18)19/h6-9,20H,10-11H2,1-5H3. The van der Waals surface area contributed by atoms with E-state index in [9.17, 15) is 13.2 Å². The Hall–Kier alpha value is -1.23. The van der Waals surface area contributed by atoms with Gasteiger partial charge in [0, 0.05) is 12.1 Å². The van der Waals surface area contributed by atoms with Crippen molar-refractivity contribution in [2.75, 3.05) is 6.54 Å². The van der Waals surface area contributed by atoms with Crippen LogP contribution in [0.15, 0.2) is 24.3 Å². The van der Waals surface area contributed by atoms with E-state index in [4.69, 9.17) is 0 Å². The maximum Gasteiger partial charge on any atom is 0.573 e. The molecule has 2 nitrogen and oxygen atoms in total. The van der Waals surface area contributed by atoms with Gasteiger partial charge in [0.2, 0.25) is 0 Å². The third-order valence-corrected chi connectivity index (χ3v) is 2.94. The lowest BCUT2D eigenvalue weighted by Crippen LogP contribution is -2.42. The summed E-state index contributed by atoms with van der Waals surface area (Å²) in [5, 5.41) is 3.45. The number of rotatable bonds is 5. The number of ether oxygens (including phenoxy) is 1. The van der Waals surface area contributed by atoms with Gasteiger partial charge in [-0.1, -0.05) is 26.0 Å². The molecule has 1 N–H and O–H groups in total. The van der Waals surface area contributed by atoms with Crippen LogP contribution in [0.25, 0.3) is 0 Å². The number of benzene rings is 1. The maximum atomic E-state index is 12.1. The van der Waals surface area contributed by atoms with Gasteiger partial charge in [0.25, 0.3) is 0 Å². The average Bonchev–Trinajstić information content (AvgIpc) is 2.26. The monoisotopic (exact) mass is 303 g/mol. The first-order valence-electron chi connectivity index (χ1n) is 6.96. The van der Waals surface area contributed by atoms with Crippen molar-refractivity contribution in [2.45, 2.75) is 52.9 Å². The highest BCUT2D eigenvalue weighted by Crippen LogP contribution is 2.26. The molecule has 21 heavy (non-hydrogen) atoms. The fourth-order valence-corrected chi connectivity index (χ4v) is 1.93. The molecule has 1 aromatic rings. The van der Waals surface area contributed by atoms with Gasteiger partial charge in [-0.3, -0.25) is 0 Å². The molecular weight excluding hydrogens is 279 g/mol. The van der Waals surface area contributed by atoms with E-state index in [0.717, 1.165) is 18.5 Å². The molecule has 0 heterocycles. The summed E-state index contributed by atoms with van der Waals surface area (Å²) in [5.74, 6) is -0.183. The minimum atomic E-state index is -4.64. The van der Waals surface area contributed by atoms with E-state index in [-0.39, 0.29) is 16.7 Å². The summed E-state index contributed by atoms with van der Waals surface area (Å²) in [7, 11) is 0. The number of nitrogens with one attached hydrogen (secondary N) is 1. The first kappa shape index (κ1) is 17.8. The normalized spacial score (nSPS) is 13.3. The highest BCUT2D eigenvalue weighted by atomic mass is 19.4. The molecule has 0 saturated carbocycles. The van der Waals surface area contributed by atoms with Crippen LogP contribution in [-0.2, 0) is 6.42 Å². The lowest BCUT2D eigenvalue weighted by molar-refractivity contribution is -0.274. The SMILES string of the molecule is CC(C)(CNC(C)(C)C)Cc1ccc(OC(F)(F)F)cc1. The van der Waals surface area contributed by atoms with Gasteiger partial charge in [0.15, 0.2) is 0 Å². The molecule has 1 aromatic carbocycles. The zero-order chi connectivity index (χ0) is 16.3. The Kier molecular flexibility index (Phi) is 5.31. The highest BCUT2D eigenvalue weighted by molar-refractivity contribution is 5.28. The van der Waals surface area contributed by atoms with Gasteiger partial charge >= 0.3 is 6.36 Å². The van der Waals surface area contributed by atoms with Crippen LogP contribution >= 0.6 is 0 Å². The molecule has 0 amide bonds. The molecule has 0 fully saturated rings. The van der Waals surface area contributed by atoms with E-state index in [2.05, 4.69) is 44.7 Å². The third kappa shape index (κ3) is 7.95. The van der Waals surface area contributed by atoms with Crippen molar-refractivity contribution in [3.05, 3.63) is 29.8 Å². The summed E-state index contributed by atoms with van der Waals surface area (Å²) in [6, 6.07) is 6.08. The van der Waals surface area contributed by atoms with Crippen molar-refractivity contribution in [2.24, 2.45) is 5.41 Å². The molecule has 5 heteroatoms. The zero-order valence-corrected chi connectivity index (χ0v) is 13.3. The molecule has 0 radical (unpaired) electrons. The predicted octanol–water partition coefficient (Wildman–Crippen LogP) is 4.54. The van der Waals surface area contributed by atoms with Crippen LogP contribution in [0, 0.1) is 5.41 Å². The highest BCUT2D eigenvalue weighted by Gasteiger charge is 2.31. The Morgan fingerprint density at radius 2 is 1.48 bits per heavy atom. The number of hydrogen-bond acceptors (Lipinski definition) is 2. The molecule has 1 rings (SSSR count). The second-order valence-corrected chi connectivity index (χ2v) is 7.14. The van der Waals surface area contributed by atoms with Gasteiger partial charge in [0.1, 0.15) is 5.75 Å². The van der Waals surface area contributed by atoms with E-state index >= 15 is 0 Å². The summed E-state index contributed by atoms with van der Waals surface area (Å²) >= 11 is 0. The van der Waals surface area contributed by atoms with Gasteiger partial charge in [-0.25, -0.2) is 0 Å². The van der Waals surface area contributed by atoms with Crippen LogP contribution in [0.5, 0.6) is 5.75 Å². The molecule has 0 saturated heterocycles. The summed E-state index contributed by atoms with van der Waals surface area (Å²) in [5.41, 5.74) is 1.05. The van der Waals surface area contributed by atoms with Crippen LogP contribution < -0.4 is 10.1 Å². The van der Waals surface area contributed by atoms with E-state index in [1.807, 2.05) is 0 Å². The Balaban J connectivity index is 2.62. The van der Waals surface area contributed by atoms with Crippen molar-refractivity contribution >= 4 is 0 Å². The molecule has 0 spiro atoms. The fourth-order valence-electron chi connectivity index (χ4n) is 1.93. The first-order chi connectivity index (χ1) is 9.36. The molecule has 0 aromatic heterocycles. The molecule has 0 bridgehead atoms. The molecule has 0 atom stereocenters. The average molecular weight is 303 g/mol. The Labute approximate surface area is 124 Å². The van der Waals surface area contributed by atoms with Crippen LogP contribution in [0.1, 0.15) is 40.2 Å². The molecule has 0 aliphatic rings. The van der Waals surface area contributed by atoms with Crippen molar-refractivity contribution in [1.29, 1.82) is 0 Å². The predicted molar refractivity (Wildman–Crippen MR) is 78.4 cm³/mol. The topological polar surface area (TPSA) is 21.3 Å². The number of halogens is 3. The van der Waals surface area contributed by atoms with E-state index in [0.29, 0.717) is 0 Å². The van der Waals surface area contributed by atoms with Gasteiger partial charge in [0.05, 0.1) is 0 Å². The van der Waals surface area contributed by atoms with Crippen LogP contribution in [0.3, 0.4) is 0 Å². The van der Waals surface area contributed by atoms with E-state index in [1.54, 1.807) is 12.1 Å². The van der Waals surface area contributed by atoms with E-state index in [1.165, 1.54) is 12.1 Å². The molecule has 0 aliphatic heterocycles. The Bertz CT molecular complexity index is 444. The van der Waals surface area contributed by atoms with Crippen molar-refractivity contribution in [3.63, 3.8) is 0 Å². The van der Waals surface area contributed by atoms with Gasteiger partial charge in [-0.15, -0.1) is 13.2 Å². The lowest BCUT2D eigenvalue weighted by atomic mass is 9.85. The second kappa shape index (κ2) is 6.26. The first-order valence-corrected chi connectivity index (χ1v) is 6.96. The van der Waals surface area contributed by atoms with Crippen LogP contribution in [-0.4, -0.2) is 18.4 Å². The minimum Gasteiger partial charge on any atom is -0.406 e. The van der Waals surface area contributed by atoms with Gasteiger partial charge in [-0.2, -0.15) is 0 Å². The lowest BCUT2D eigenvalue weighted by Gasteiger charge is -2.30. The molecular formula is C16H24F3NO. The molecule has 120 valence electrons. The Morgan fingerprint density at radius 3 is 1.90 bits per heavy atom. The van der Waals surface area contributed by atoms with Crippen LogP contribution in [0.4, 0.5) is 13.2 Å². The maximum absolute atomic E-state index is 12.1. The zero-order valence-electron chi connectivity index (χ0n) is 13.3. The van der Waals surface area contributed by atoms with Crippen molar-refractivity contribution < 1.29 is 17.9 Å². The quantitative estimate of drug-likeness (QED) is 0.862. The number of alkyl halides is 3. The minimum absolute atomic E-state index is 0.0136. The van der Waals surface area contributed by atoms with Gasteiger partial charge < -0.3 is 10.1 Å². The summed E-state index contributed by atoms with van der Waals surface area (Å²) in [6.45, 7) is 11.4. The number of hydrogen-bond donors (Lipinski definition) is 1. The molecule has 0 aliphatic carbocycles. The molecule has 0 unspecified atom stereocenters. The summed E-state index contributed by atoms with van der Waals surface area (Å²) in [6.07, 6.45) is -3.86. The van der Waals surface area contributed by atoms with Crippen LogP contribution in [0.2, 0.25) is 0 Å². The summed E-state index contributed by atoms with van der Waals surface area (Å²) < 4.78 is 40.2.